The van der Waals surface area contributed by atoms with Crippen molar-refractivity contribution in [2.24, 2.45) is 0 Å². The van der Waals surface area contributed by atoms with E-state index in [0.29, 0.717) is 17.0 Å². The van der Waals surface area contributed by atoms with Crippen LogP contribution in [0, 0.1) is 6.92 Å². The molecule has 0 unspecified atom stereocenters. The number of aryl methyl sites for hydroxylation is 1. The van der Waals surface area contributed by atoms with Gasteiger partial charge >= 0.3 is 0 Å². The number of ether oxygens (including phenoxy) is 1. The Morgan fingerprint density at radius 3 is 2.67 bits per heavy atom. The van der Waals surface area contributed by atoms with E-state index in [1.165, 1.54) is 0 Å². The summed E-state index contributed by atoms with van der Waals surface area (Å²) in [5.74, 6) is 0.570. The Balaban J connectivity index is 2.09. The summed E-state index contributed by atoms with van der Waals surface area (Å²) in [6, 6.07) is 16.8. The number of rotatable bonds is 3. The van der Waals surface area contributed by atoms with Crippen LogP contribution >= 0.6 is 0 Å². The summed E-state index contributed by atoms with van der Waals surface area (Å²) in [6.07, 6.45) is 0. The Hall–Kier alpha value is -2.68. The molecule has 0 atom stereocenters. The van der Waals surface area contributed by atoms with Crippen LogP contribution in [-0.2, 0) is 0 Å². The van der Waals surface area contributed by atoms with Crippen LogP contribution in [0.4, 0.5) is 0 Å². The van der Waals surface area contributed by atoms with Crippen molar-refractivity contribution in [2.75, 3.05) is 7.11 Å². The van der Waals surface area contributed by atoms with Crippen LogP contribution in [0.1, 0.15) is 21.6 Å². The third kappa shape index (κ3) is 2.50. The molecule has 0 amide bonds. The molecule has 0 saturated carbocycles. The maximum absolute atomic E-state index is 12.6. The van der Waals surface area contributed by atoms with Crippen molar-refractivity contribution in [1.29, 1.82) is 0 Å². The molecule has 0 N–H and O–H groups in total. The predicted molar refractivity (Wildman–Crippen MR) is 82.9 cm³/mol. The number of hydrogen-bond acceptors (Lipinski definition) is 3. The van der Waals surface area contributed by atoms with Crippen LogP contribution in [0.2, 0.25) is 0 Å². The van der Waals surface area contributed by atoms with Gasteiger partial charge in [0.25, 0.3) is 0 Å². The first kappa shape index (κ1) is 13.3. The van der Waals surface area contributed by atoms with Gasteiger partial charge in [-0.25, -0.2) is 4.98 Å². The van der Waals surface area contributed by atoms with Crippen molar-refractivity contribution in [2.45, 2.75) is 6.92 Å². The highest BCUT2D eigenvalue weighted by Gasteiger charge is 2.13. The van der Waals surface area contributed by atoms with Crippen LogP contribution in [0.3, 0.4) is 0 Å². The Bertz CT molecular complexity index is 824. The number of benzene rings is 2. The van der Waals surface area contributed by atoms with Gasteiger partial charge in [-0.2, -0.15) is 0 Å². The Kier molecular flexibility index (Phi) is 3.40. The second-order valence-corrected chi connectivity index (χ2v) is 4.90. The molecule has 0 aliphatic rings. The molecular formula is C18H15NO2. The van der Waals surface area contributed by atoms with Gasteiger partial charge in [0.1, 0.15) is 11.4 Å². The van der Waals surface area contributed by atoms with Gasteiger partial charge in [0.15, 0.2) is 0 Å². The first-order valence-electron chi connectivity index (χ1n) is 6.74. The first-order valence-corrected chi connectivity index (χ1v) is 6.74. The molecule has 0 aliphatic heterocycles. The molecular weight excluding hydrogens is 262 g/mol. The van der Waals surface area contributed by atoms with Crippen LogP contribution < -0.4 is 4.74 Å². The minimum Gasteiger partial charge on any atom is -0.497 e. The lowest BCUT2D eigenvalue weighted by Crippen LogP contribution is -2.05. The van der Waals surface area contributed by atoms with Gasteiger partial charge in [-0.15, -0.1) is 0 Å². The second kappa shape index (κ2) is 5.37. The predicted octanol–water partition coefficient (Wildman–Crippen LogP) is 3.78. The smallest absolute Gasteiger partial charge is 0.211 e. The molecule has 3 heteroatoms. The van der Waals surface area contributed by atoms with E-state index < -0.39 is 0 Å². The highest BCUT2D eigenvalue weighted by atomic mass is 16.5. The van der Waals surface area contributed by atoms with E-state index in [4.69, 9.17) is 4.74 Å². The third-order valence-corrected chi connectivity index (χ3v) is 3.49. The zero-order valence-electron chi connectivity index (χ0n) is 12.0. The van der Waals surface area contributed by atoms with Gasteiger partial charge in [-0.05, 0) is 36.8 Å². The lowest BCUT2D eigenvalue weighted by Gasteiger charge is -2.07. The van der Waals surface area contributed by atoms with Crippen LogP contribution in [0.25, 0.3) is 10.9 Å². The second-order valence-electron chi connectivity index (χ2n) is 4.90. The van der Waals surface area contributed by atoms with Gasteiger partial charge in [0.05, 0.1) is 12.6 Å². The number of fused-ring (bicyclic) bond motifs is 1. The first-order chi connectivity index (χ1) is 10.2. The molecule has 1 aromatic heterocycles. The Morgan fingerprint density at radius 2 is 1.86 bits per heavy atom. The fraction of sp³-hybridized carbons (Fsp3) is 0.111. The number of methoxy groups -OCH3 is 1. The van der Waals surface area contributed by atoms with Gasteiger partial charge in [0, 0.05) is 10.9 Å². The van der Waals surface area contributed by atoms with Gasteiger partial charge in [-0.3, -0.25) is 4.79 Å². The van der Waals surface area contributed by atoms with Crippen LogP contribution in [-0.4, -0.2) is 17.9 Å². The van der Waals surface area contributed by atoms with E-state index in [1.807, 2.05) is 43.3 Å². The summed E-state index contributed by atoms with van der Waals surface area (Å²) < 4.78 is 5.16. The van der Waals surface area contributed by atoms with Crippen molar-refractivity contribution in [3.05, 3.63) is 71.4 Å². The maximum Gasteiger partial charge on any atom is 0.211 e. The van der Waals surface area contributed by atoms with Crippen LogP contribution in [0.5, 0.6) is 5.75 Å². The number of hydrogen-bond donors (Lipinski definition) is 0. The molecule has 0 radical (unpaired) electrons. The molecule has 0 spiro atoms. The molecule has 3 rings (SSSR count). The fourth-order valence-corrected chi connectivity index (χ4v) is 2.38. The molecule has 104 valence electrons. The van der Waals surface area contributed by atoms with Crippen molar-refractivity contribution < 1.29 is 9.53 Å². The molecule has 0 fully saturated rings. The number of para-hydroxylation sites is 1. The lowest BCUT2D eigenvalue weighted by molar-refractivity contribution is 0.103. The van der Waals surface area contributed by atoms with Gasteiger partial charge in [-0.1, -0.05) is 30.3 Å². The number of nitrogens with zero attached hydrogens (tertiary/aromatic N) is 1. The molecule has 0 aliphatic carbocycles. The zero-order chi connectivity index (χ0) is 14.8. The minimum absolute atomic E-state index is 0.0947. The quantitative estimate of drug-likeness (QED) is 0.684. The standard InChI is InChI=1S/C18H15NO2/c1-12-10-17(19-16-9-4-3-8-15(12)16)18(20)13-6-5-7-14(11-13)21-2/h3-11H,1-2H3. The molecule has 0 saturated heterocycles. The van der Waals surface area contributed by atoms with Gasteiger partial charge in [0.2, 0.25) is 5.78 Å². The van der Waals surface area contributed by atoms with E-state index in [-0.39, 0.29) is 5.78 Å². The minimum atomic E-state index is -0.0947. The van der Waals surface area contributed by atoms with Crippen LogP contribution in [0.15, 0.2) is 54.6 Å². The summed E-state index contributed by atoms with van der Waals surface area (Å²) in [4.78, 5) is 17.1. The summed E-state index contributed by atoms with van der Waals surface area (Å²) in [5, 5.41) is 1.07. The number of carbonyl (C=O) groups excluding carboxylic acids is 1. The largest absolute Gasteiger partial charge is 0.497 e. The van der Waals surface area contributed by atoms with Gasteiger partial charge < -0.3 is 4.74 Å². The van der Waals surface area contributed by atoms with E-state index in [2.05, 4.69) is 4.98 Å². The average Bonchev–Trinajstić information content (AvgIpc) is 2.54. The SMILES string of the molecule is COc1cccc(C(=O)c2cc(C)c3ccccc3n2)c1. The molecule has 3 aromatic rings. The summed E-state index contributed by atoms with van der Waals surface area (Å²) in [5.41, 5.74) is 2.92. The fourth-order valence-electron chi connectivity index (χ4n) is 2.38. The van der Waals surface area contributed by atoms with Crippen molar-refractivity contribution >= 4 is 16.7 Å². The van der Waals surface area contributed by atoms with Crippen molar-refractivity contribution in [3.8, 4) is 5.75 Å². The molecule has 1 heterocycles. The molecule has 21 heavy (non-hydrogen) atoms. The Labute approximate surface area is 123 Å². The highest BCUT2D eigenvalue weighted by molar-refractivity contribution is 6.09. The molecule has 3 nitrogen and oxygen atoms in total. The van der Waals surface area contributed by atoms with Crippen molar-refractivity contribution in [1.82, 2.24) is 4.98 Å². The number of pyridine rings is 1. The molecule has 0 bridgehead atoms. The van der Waals surface area contributed by atoms with E-state index in [1.54, 1.807) is 25.3 Å². The Morgan fingerprint density at radius 1 is 1.05 bits per heavy atom. The lowest BCUT2D eigenvalue weighted by atomic mass is 10.0. The monoisotopic (exact) mass is 277 g/mol. The summed E-state index contributed by atoms with van der Waals surface area (Å²) >= 11 is 0. The number of ketones is 1. The van der Waals surface area contributed by atoms with E-state index in [0.717, 1.165) is 16.5 Å². The highest BCUT2D eigenvalue weighted by Crippen LogP contribution is 2.20. The maximum atomic E-state index is 12.6. The van der Waals surface area contributed by atoms with E-state index in [9.17, 15) is 4.79 Å². The number of carbonyl (C=O) groups is 1. The number of aromatic nitrogens is 1. The summed E-state index contributed by atoms with van der Waals surface area (Å²) in [6.45, 7) is 1.99. The normalized spacial score (nSPS) is 10.6. The topological polar surface area (TPSA) is 39.2 Å². The zero-order valence-corrected chi connectivity index (χ0v) is 12.0. The van der Waals surface area contributed by atoms with E-state index >= 15 is 0 Å². The average molecular weight is 277 g/mol. The summed E-state index contributed by atoms with van der Waals surface area (Å²) in [7, 11) is 1.59. The molecule has 2 aromatic carbocycles. The third-order valence-electron chi connectivity index (χ3n) is 3.49. The van der Waals surface area contributed by atoms with Crippen molar-refractivity contribution in [3.63, 3.8) is 0 Å².